The van der Waals surface area contributed by atoms with Crippen LogP contribution in [0.3, 0.4) is 0 Å². The Labute approximate surface area is 145 Å². The molecule has 128 valence electrons. The Kier molecular flexibility index (Phi) is 4.95. The van der Waals surface area contributed by atoms with E-state index in [0.717, 1.165) is 31.6 Å². The van der Waals surface area contributed by atoms with Crippen LogP contribution in [0.5, 0.6) is 0 Å². The molecular formula is C20H28N4. The van der Waals surface area contributed by atoms with Crippen molar-refractivity contribution in [2.24, 2.45) is 5.92 Å². The number of benzene rings is 1. The summed E-state index contributed by atoms with van der Waals surface area (Å²) < 4.78 is 2.19. The Bertz CT molecular complexity index is 610. The highest BCUT2D eigenvalue weighted by molar-refractivity contribution is 5.15. The average Bonchev–Trinajstić information content (AvgIpc) is 3.14. The lowest BCUT2D eigenvalue weighted by molar-refractivity contribution is 0.0173. The number of piperidine rings is 2. The molecule has 3 heterocycles. The van der Waals surface area contributed by atoms with Crippen LogP contribution in [0.1, 0.15) is 24.8 Å². The quantitative estimate of drug-likeness (QED) is 0.845. The van der Waals surface area contributed by atoms with Crippen LogP contribution in [-0.4, -0.2) is 51.6 Å². The summed E-state index contributed by atoms with van der Waals surface area (Å²) >= 11 is 0. The van der Waals surface area contributed by atoms with E-state index in [-0.39, 0.29) is 0 Å². The number of hydrogen-bond donors (Lipinski definition) is 0. The monoisotopic (exact) mass is 324 g/mol. The normalized spacial score (nSPS) is 25.5. The molecule has 2 saturated heterocycles. The zero-order valence-corrected chi connectivity index (χ0v) is 14.4. The van der Waals surface area contributed by atoms with Gasteiger partial charge in [-0.2, -0.15) is 0 Å². The van der Waals surface area contributed by atoms with Crippen molar-refractivity contribution in [1.82, 2.24) is 19.4 Å². The predicted octanol–water partition coefficient (Wildman–Crippen LogP) is 2.87. The van der Waals surface area contributed by atoms with E-state index >= 15 is 0 Å². The SMILES string of the molecule is c1ccc(CN2CCC[C@@H]3CN(CCn4ccnc4)CC[C@H]32)cc1. The fourth-order valence-electron chi connectivity index (χ4n) is 4.48. The van der Waals surface area contributed by atoms with Gasteiger partial charge in [0.1, 0.15) is 0 Å². The Morgan fingerprint density at radius 3 is 2.79 bits per heavy atom. The van der Waals surface area contributed by atoms with Crippen LogP contribution >= 0.6 is 0 Å². The smallest absolute Gasteiger partial charge is 0.0946 e. The molecule has 1 aromatic heterocycles. The number of rotatable bonds is 5. The molecule has 0 aliphatic carbocycles. The van der Waals surface area contributed by atoms with Crippen molar-refractivity contribution in [1.29, 1.82) is 0 Å². The zero-order valence-electron chi connectivity index (χ0n) is 14.4. The first-order valence-corrected chi connectivity index (χ1v) is 9.34. The van der Waals surface area contributed by atoms with Crippen LogP contribution in [0.4, 0.5) is 0 Å². The first-order valence-electron chi connectivity index (χ1n) is 9.34. The Morgan fingerprint density at radius 2 is 1.96 bits per heavy atom. The molecule has 4 heteroatoms. The van der Waals surface area contributed by atoms with Gasteiger partial charge in [-0.15, -0.1) is 0 Å². The van der Waals surface area contributed by atoms with Gasteiger partial charge in [0.25, 0.3) is 0 Å². The first-order chi connectivity index (χ1) is 11.9. The van der Waals surface area contributed by atoms with E-state index in [0.29, 0.717) is 0 Å². The van der Waals surface area contributed by atoms with E-state index in [9.17, 15) is 0 Å². The summed E-state index contributed by atoms with van der Waals surface area (Å²) in [4.78, 5) is 9.55. The molecule has 2 fully saturated rings. The summed E-state index contributed by atoms with van der Waals surface area (Å²) in [6.07, 6.45) is 9.93. The summed E-state index contributed by atoms with van der Waals surface area (Å²) in [5, 5.41) is 0. The highest BCUT2D eigenvalue weighted by Crippen LogP contribution is 2.31. The number of aromatic nitrogens is 2. The fourth-order valence-corrected chi connectivity index (χ4v) is 4.48. The molecule has 0 radical (unpaired) electrons. The lowest BCUT2D eigenvalue weighted by Gasteiger charge is -2.47. The lowest BCUT2D eigenvalue weighted by Crippen LogP contribution is -2.54. The molecule has 24 heavy (non-hydrogen) atoms. The Hall–Kier alpha value is -1.65. The highest BCUT2D eigenvalue weighted by Gasteiger charge is 2.35. The second-order valence-corrected chi connectivity index (χ2v) is 7.32. The maximum atomic E-state index is 4.14. The number of fused-ring (bicyclic) bond motifs is 1. The average molecular weight is 324 g/mol. The minimum atomic E-state index is 0.781. The van der Waals surface area contributed by atoms with Crippen LogP contribution in [0.15, 0.2) is 49.1 Å². The zero-order chi connectivity index (χ0) is 16.2. The van der Waals surface area contributed by atoms with Crippen molar-refractivity contribution in [3.63, 3.8) is 0 Å². The van der Waals surface area contributed by atoms with Gasteiger partial charge in [-0.3, -0.25) is 4.90 Å². The van der Waals surface area contributed by atoms with Crippen molar-refractivity contribution in [3.05, 3.63) is 54.6 Å². The van der Waals surface area contributed by atoms with E-state index in [4.69, 9.17) is 0 Å². The molecule has 0 N–H and O–H groups in total. The van der Waals surface area contributed by atoms with Gasteiger partial charge in [0, 0.05) is 44.6 Å². The van der Waals surface area contributed by atoms with Crippen molar-refractivity contribution >= 4 is 0 Å². The van der Waals surface area contributed by atoms with E-state index in [1.165, 1.54) is 44.5 Å². The molecule has 2 atom stereocenters. The van der Waals surface area contributed by atoms with Crippen molar-refractivity contribution in [2.75, 3.05) is 26.2 Å². The van der Waals surface area contributed by atoms with Gasteiger partial charge in [-0.05, 0) is 43.8 Å². The number of nitrogens with zero attached hydrogens (tertiary/aromatic N) is 4. The Morgan fingerprint density at radius 1 is 1.04 bits per heavy atom. The minimum Gasteiger partial charge on any atom is -0.336 e. The predicted molar refractivity (Wildman–Crippen MR) is 96.6 cm³/mol. The summed E-state index contributed by atoms with van der Waals surface area (Å²) in [7, 11) is 0. The molecule has 0 amide bonds. The van der Waals surface area contributed by atoms with Crippen LogP contribution in [-0.2, 0) is 13.1 Å². The third-order valence-electron chi connectivity index (χ3n) is 5.73. The van der Waals surface area contributed by atoms with Crippen LogP contribution in [0.2, 0.25) is 0 Å². The van der Waals surface area contributed by atoms with Crippen molar-refractivity contribution in [3.8, 4) is 0 Å². The van der Waals surface area contributed by atoms with E-state index in [1.807, 2.05) is 12.5 Å². The minimum absolute atomic E-state index is 0.781. The maximum absolute atomic E-state index is 4.14. The summed E-state index contributed by atoms with van der Waals surface area (Å²) in [6, 6.07) is 11.8. The van der Waals surface area contributed by atoms with Crippen molar-refractivity contribution < 1.29 is 0 Å². The standard InChI is InChI=1S/C20H28N4/c1-2-5-18(6-3-1)15-24-10-4-7-19-16-22(11-8-20(19)24)13-14-23-12-9-21-17-23/h1-3,5-6,9,12,17,19-20H,4,7-8,10-11,13-16H2/t19-,20-/m1/s1. The van der Waals surface area contributed by atoms with Gasteiger partial charge in [-0.25, -0.2) is 4.98 Å². The molecule has 1 aromatic carbocycles. The number of imidazole rings is 1. The number of hydrogen-bond acceptors (Lipinski definition) is 3. The van der Waals surface area contributed by atoms with Gasteiger partial charge in [0.2, 0.25) is 0 Å². The second-order valence-electron chi connectivity index (χ2n) is 7.32. The third-order valence-corrected chi connectivity index (χ3v) is 5.73. The van der Waals surface area contributed by atoms with Crippen molar-refractivity contribution in [2.45, 2.75) is 38.4 Å². The van der Waals surface area contributed by atoms with Gasteiger partial charge < -0.3 is 9.47 Å². The van der Waals surface area contributed by atoms with Gasteiger partial charge in [0.05, 0.1) is 6.33 Å². The van der Waals surface area contributed by atoms with Crippen LogP contribution in [0, 0.1) is 5.92 Å². The largest absolute Gasteiger partial charge is 0.336 e. The second kappa shape index (κ2) is 7.49. The fraction of sp³-hybridized carbons (Fsp3) is 0.550. The topological polar surface area (TPSA) is 24.3 Å². The van der Waals surface area contributed by atoms with E-state index in [2.05, 4.69) is 55.9 Å². The van der Waals surface area contributed by atoms with Gasteiger partial charge >= 0.3 is 0 Å². The van der Waals surface area contributed by atoms with Gasteiger partial charge in [-0.1, -0.05) is 30.3 Å². The molecular weight excluding hydrogens is 296 g/mol. The molecule has 0 bridgehead atoms. The van der Waals surface area contributed by atoms with Crippen LogP contribution < -0.4 is 0 Å². The maximum Gasteiger partial charge on any atom is 0.0946 e. The van der Waals surface area contributed by atoms with Crippen LogP contribution in [0.25, 0.3) is 0 Å². The molecule has 0 spiro atoms. The van der Waals surface area contributed by atoms with Gasteiger partial charge in [0.15, 0.2) is 0 Å². The number of likely N-dealkylation sites (tertiary alicyclic amines) is 2. The highest BCUT2D eigenvalue weighted by atomic mass is 15.2. The molecule has 4 nitrogen and oxygen atoms in total. The van der Waals surface area contributed by atoms with E-state index in [1.54, 1.807) is 0 Å². The summed E-state index contributed by atoms with van der Waals surface area (Å²) in [5.74, 6) is 0.846. The van der Waals surface area contributed by atoms with E-state index < -0.39 is 0 Å². The molecule has 2 aromatic rings. The molecule has 0 unspecified atom stereocenters. The lowest BCUT2D eigenvalue weighted by atomic mass is 9.83. The summed E-state index contributed by atoms with van der Waals surface area (Å²) in [6.45, 7) is 7.11. The Balaban J connectivity index is 1.33. The molecule has 0 saturated carbocycles. The third kappa shape index (κ3) is 3.70. The molecule has 4 rings (SSSR count). The molecule has 2 aliphatic heterocycles. The summed E-state index contributed by atoms with van der Waals surface area (Å²) in [5.41, 5.74) is 1.46. The first kappa shape index (κ1) is 15.9. The molecule has 2 aliphatic rings.